The summed E-state index contributed by atoms with van der Waals surface area (Å²) in [5.41, 5.74) is 2.89. The fourth-order valence-corrected chi connectivity index (χ4v) is 2.13. The van der Waals surface area contributed by atoms with Crippen LogP contribution in [-0.4, -0.2) is 53.8 Å². The Labute approximate surface area is 110 Å². The first kappa shape index (κ1) is 15.2. The van der Waals surface area contributed by atoms with Gasteiger partial charge >= 0.3 is 6.09 Å². The van der Waals surface area contributed by atoms with Crippen molar-refractivity contribution in [3.05, 3.63) is 0 Å². The SMILES string of the molecule is CCNN1CCN(C(=O)OC(C)(C)C)[C@H](CC)C1. The molecule has 1 saturated heterocycles. The molecular formula is C13H27N3O2. The van der Waals surface area contributed by atoms with Crippen LogP contribution in [0.2, 0.25) is 0 Å². The zero-order valence-electron chi connectivity index (χ0n) is 12.3. The van der Waals surface area contributed by atoms with Crippen molar-refractivity contribution >= 4 is 6.09 Å². The zero-order chi connectivity index (χ0) is 13.8. The minimum absolute atomic E-state index is 0.189. The number of nitrogens with zero attached hydrogens (tertiary/aromatic N) is 2. The molecule has 5 heteroatoms. The molecule has 1 heterocycles. The average molecular weight is 257 g/mol. The lowest BCUT2D eigenvalue weighted by atomic mass is 10.1. The van der Waals surface area contributed by atoms with Gasteiger partial charge < -0.3 is 9.64 Å². The Morgan fingerprint density at radius 3 is 2.50 bits per heavy atom. The number of nitrogens with one attached hydrogen (secondary N) is 1. The quantitative estimate of drug-likeness (QED) is 0.838. The van der Waals surface area contributed by atoms with E-state index in [1.807, 2.05) is 25.7 Å². The standard InChI is InChI=1S/C13H27N3O2/c1-6-11-10-15(14-7-2)8-9-16(11)12(17)18-13(3,4)5/h11,14H,6-10H2,1-5H3/t11-/m1/s1. The van der Waals surface area contributed by atoms with Crippen LogP contribution >= 0.6 is 0 Å². The Bertz CT molecular complexity index is 276. The van der Waals surface area contributed by atoms with Gasteiger partial charge in [-0.3, -0.25) is 5.43 Å². The summed E-state index contributed by atoms with van der Waals surface area (Å²) in [7, 11) is 0. The molecule has 1 aliphatic heterocycles. The van der Waals surface area contributed by atoms with Crippen molar-refractivity contribution in [2.75, 3.05) is 26.2 Å². The number of hydrogen-bond donors (Lipinski definition) is 1. The number of hydrazine groups is 1. The molecule has 1 fully saturated rings. The molecule has 1 amide bonds. The summed E-state index contributed by atoms with van der Waals surface area (Å²) >= 11 is 0. The van der Waals surface area contributed by atoms with Crippen LogP contribution in [-0.2, 0) is 4.74 Å². The van der Waals surface area contributed by atoms with Crippen LogP contribution in [0.3, 0.4) is 0 Å². The zero-order valence-corrected chi connectivity index (χ0v) is 12.3. The first-order chi connectivity index (χ1) is 8.37. The lowest BCUT2D eigenvalue weighted by Gasteiger charge is -2.41. The fourth-order valence-electron chi connectivity index (χ4n) is 2.13. The first-order valence-electron chi connectivity index (χ1n) is 6.85. The van der Waals surface area contributed by atoms with Gasteiger partial charge in [-0.2, -0.15) is 0 Å². The third-order valence-electron chi connectivity index (χ3n) is 2.96. The third-order valence-corrected chi connectivity index (χ3v) is 2.96. The maximum absolute atomic E-state index is 12.1. The summed E-state index contributed by atoms with van der Waals surface area (Å²) in [5.74, 6) is 0. The summed E-state index contributed by atoms with van der Waals surface area (Å²) in [5, 5.41) is 2.19. The second kappa shape index (κ2) is 6.38. The Kier molecular flexibility index (Phi) is 5.41. The van der Waals surface area contributed by atoms with E-state index in [1.165, 1.54) is 0 Å². The highest BCUT2D eigenvalue weighted by Gasteiger charge is 2.31. The van der Waals surface area contributed by atoms with Crippen LogP contribution in [0.15, 0.2) is 0 Å². The molecule has 0 unspecified atom stereocenters. The molecule has 106 valence electrons. The average Bonchev–Trinajstić information content (AvgIpc) is 2.27. The van der Waals surface area contributed by atoms with Gasteiger partial charge in [0.15, 0.2) is 0 Å². The maximum atomic E-state index is 12.1. The molecule has 0 aromatic heterocycles. The van der Waals surface area contributed by atoms with Crippen LogP contribution in [0.25, 0.3) is 0 Å². The molecular weight excluding hydrogens is 230 g/mol. The monoisotopic (exact) mass is 257 g/mol. The van der Waals surface area contributed by atoms with E-state index in [1.54, 1.807) is 0 Å². The molecule has 0 aliphatic carbocycles. The predicted molar refractivity (Wildman–Crippen MR) is 72.3 cm³/mol. The minimum Gasteiger partial charge on any atom is -0.444 e. The van der Waals surface area contributed by atoms with E-state index in [9.17, 15) is 4.79 Å². The number of carbonyl (C=O) groups is 1. The predicted octanol–water partition coefficient (Wildman–Crippen LogP) is 1.84. The summed E-state index contributed by atoms with van der Waals surface area (Å²) in [6.45, 7) is 13.3. The molecule has 0 aromatic rings. The van der Waals surface area contributed by atoms with Gasteiger partial charge in [0, 0.05) is 32.2 Å². The Hall–Kier alpha value is -0.810. The van der Waals surface area contributed by atoms with E-state index in [0.717, 1.165) is 32.6 Å². The van der Waals surface area contributed by atoms with E-state index in [-0.39, 0.29) is 12.1 Å². The summed E-state index contributed by atoms with van der Waals surface area (Å²) in [4.78, 5) is 14.0. The molecule has 18 heavy (non-hydrogen) atoms. The minimum atomic E-state index is -0.422. The van der Waals surface area contributed by atoms with Crippen LogP contribution in [0.1, 0.15) is 41.0 Å². The molecule has 0 bridgehead atoms. The lowest BCUT2D eigenvalue weighted by Crippen LogP contribution is -2.59. The second-order valence-corrected chi connectivity index (χ2v) is 5.69. The van der Waals surface area contributed by atoms with E-state index in [0.29, 0.717) is 0 Å². The molecule has 0 saturated carbocycles. The number of amides is 1. The fraction of sp³-hybridized carbons (Fsp3) is 0.923. The molecule has 5 nitrogen and oxygen atoms in total. The number of rotatable bonds is 3. The summed E-state index contributed by atoms with van der Waals surface area (Å²) < 4.78 is 5.45. The van der Waals surface area contributed by atoms with Gasteiger partial charge in [0.05, 0.1) is 0 Å². The van der Waals surface area contributed by atoms with Gasteiger partial charge in [-0.1, -0.05) is 13.8 Å². The molecule has 0 spiro atoms. The van der Waals surface area contributed by atoms with Crippen LogP contribution in [0, 0.1) is 0 Å². The van der Waals surface area contributed by atoms with Crippen molar-refractivity contribution < 1.29 is 9.53 Å². The van der Waals surface area contributed by atoms with Crippen LogP contribution in [0.4, 0.5) is 4.79 Å². The molecule has 1 aliphatic rings. The number of piperazine rings is 1. The third kappa shape index (κ3) is 4.46. The first-order valence-corrected chi connectivity index (χ1v) is 6.85. The van der Waals surface area contributed by atoms with Gasteiger partial charge in [-0.05, 0) is 27.2 Å². The Morgan fingerprint density at radius 2 is 2.00 bits per heavy atom. The van der Waals surface area contributed by atoms with Gasteiger partial charge in [0.2, 0.25) is 0 Å². The van der Waals surface area contributed by atoms with Gasteiger partial charge in [0.1, 0.15) is 5.60 Å². The van der Waals surface area contributed by atoms with Crippen LogP contribution < -0.4 is 5.43 Å². The highest BCUT2D eigenvalue weighted by Crippen LogP contribution is 2.16. The van der Waals surface area contributed by atoms with Crippen molar-refractivity contribution in [1.29, 1.82) is 0 Å². The number of hydrogen-bond acceptors (Lipinski definition) is 4. The Morgan fingerprint density at radius 1 is 1.33 bits per heavy atom. The summed E-state index contributed by atoms with van der Waals surface area (Å²) in [6.07, 6.45) is 0.756. The molecule has 0 aromatic carbocycles. The van der Waals surface area contributed by atoms with Gasteiger partial charge in [-0.15, -0.1) is 0 Å². The highest BCUT2D eigenvalue weighted by atomic mass is 16.6. The maximum Gasteiger partial charge on any atom is 0.410 e. The topological polar surface area (TPSA) is 44.8 Å². The molecule has 1 atom stereocenters. The van der Waals surface area contributed by atoms with Crippen molar-refractivity contribution in [3.8, 4) is 0 Å². The number of ether oxygens (including phenoxy) is 1. The number of carbonyl (C=O) groups excluding carboxylic acids is 1. The van der Waals surface area contributed by atoms with E-state index < -0.39 is 5.60 Å². The summed E-state index contributed by atoms with van der Waals surface area (Å²) in [6, 6.07) is 0.229. The molecule has 1 N–H and O–H groups in total. The van der Waals surface area contributed by atoms with Crippen LogP contribution in [0.5, 0.6) is 0 Å². The van der Waals surface area contributed by atoms with E-state index in [2.05, 4.69) is 24.3 Å². The normalized spacial score (nSPS) is 22.1. The lowest BCUT2D eigenvalue weighted by molar-refractivity contribution is -0.00954. The van der Waals surface area contributed by atoms with Gasteiger partial charge in [-0.25, -0.2) is 9.80 Å². The van der Waals surface area contributed by atoms with E-state index >= 15 is 0 Å². The largest absolute Gasteiger partial charge is 0.444 e. The molecule has 0 radical (unpaired) electrons. The van der Waals surface area contributed by atoms with Crippen molar-refractivity contribution in [3.63, 3.8) is 0 Å². The Balaban J connectivity index is 2.58. The smallest absolute Gasteiger partial charge is 0.410 e. The van der Waals surface area contributed by atoms with E-state index in [4.69, 9.17) is 4.74 Å². The van der Waals surface area contributed by atoms with Crippen molar-refractivity contribution in [2.24, 2.45) is 0 Å². The molecule has 1 rings (SSSR count). The van der Waals surface area contributed by atoms with Crippen molar-refractivity contribution in [2.45, 2.75) is 52.7 Å². The van der Waals surface area contributed by atoms with Gasteiger partial charge in [0.25, 0.3) is 0 Å². The highest BCUT2D eigenvalue weighted by molar-refractivity contribution is 5.68. The van der Waals surface area contributed by atoms with Crippen molar-refractivity contribution in [1.82, 2.24) is 15.3 Å². The second-order valence-electron chi connectivity index (χ2n) is 5.69.